The Balaban J connectivity index is 1.90. The third-order valence-electron chi connectivity index (χ3n) is 2.40. The van der Waals surface area contributed by atoms with Crippen LogP contribution >= 0.6 is 0 Å². The van der Waals surface area contributed by atoms with Crippen LogP contribution < -0.4 is 0 Å². The number of rotatable bonds is 4. The second kappa shape index (κ2) is 4.47. The molecule has 4 heteroatoms. The largest absolute Gasteiger partial charge is 0.265 e. The molecule has 0 aromatic heterocycles. The van der Waals surface area contributed by atoms with Gasteiger partial charge in [-0.15, -0.1) is 0 Å². The Hall–Kier alpha value is -1.32. The molecule has 2 unspecified atom stereocenters. The first-order valence-corrected chi connectivity index (χ1v) is 5.47. The molecule has 0 N–H and O–H groups in total. The average Bonchev–Trinajstić information content (AvgIpc) is 2.78. The van der Waals surface area contributed by atoms with Gasteiger partial charge in [0.25, 0.3) is 0 Å². The fourth-order valence-electron chi connectivity index (χ4n) is 1.71. The quantitative estimate of drug-likeness (QED) is 0.671. The summed E-state index contributed by atoms with van der Waals surface area (Å²) in [6.45, 7) is 4.13. The van der Waals surface area contributed by atoms with Crippen molar-refractivity contribution in [2.24, 2.45) is 20.0 Å². The van der Waals surface area contributed by atoms with Gasteiger partial charge in [-0.2, -0.15) is 0 Å². The molecular weight excluding hydrogens is 188 g/mol. The highest BCUT2D eigenvalue weighted by Crippen LogP contribution is 2.12. The third-order valence-corrected chi connectivity index (χ3v) is 2.40. The van der Waals surface area contributed by atoms with Gasteiger partial charge in [0.2, 0.25) is 0 Å². The maximum Gasteiger partial charge on any atom is 0.145 e. The summed E-state index contributed by atoms with van der Waals surface area (Å²) >= 11 is 0. The molecule has 2 heterocycles. The number of aliphatic imine (C=N–C) groups is 4. The molecule has 0 saturated heterocycles. The van der Waals surface area contributed by atoms with Crippen LogP contribution in [0.3, 0.4) is 0 Å². The van der Waals surface area contributed by atoms with Crippen LogP contribution in [0.15, 0.2) is 20.0 Å². The van der Waals surface area contributed by atoms with E-state index in [1.807, 2.05) is 19.4 Å². The highest BCUT2D eigenvalue weighted by Gasteiger charge is 2.16. The zero-order valence-corrected chi connectivity index (χ0v) is 9.22. The lowest BCUT2D eigenvalue weighted by Gasteiger charge is -2.01. The van der Waals surface area contributed by atoms with E-state index in [2.05, 4.69) is 26.9 Å². The summed E-state index contributed by atoms with van der Waals surface area (Å²) in [5.41, 5.74) is 2.14. The highest BCUT2D eigenvalue weighted by molar-refractivity contribution is 6.33. The maximum atomic E-state index is 4.52. The molecule has 0 radical (unpaired) electrons. The third kappa shape index (κ3) is 2.58. The molecule has 4 nitrogen and oxygen atoms in total. The summed E-state index contributed by atoms with van der Waals surface area (Å²) in [6.07, 6.45) is 6.80. The molecule has 15 heavy (non-hydrogen) atoms. The van der Waals surface area contributed by atoms with E-state index in [9.17, 15) is 0 Å². The second-order valence-electron chi connectivity index (χ2n) is 3.86. The van der Waals surface area contributed by atoms with Crippen molar-refractivity contribution in [2.75, 3.05) is 0 Å². The van der Waals surface area contributed by atoms with Gasteiger partial charge in [0.15, 0.2) is 0 Å². The fraction of sp³-hybridized carbons (Fsp3) is 0.636. The lowest BCUT2D eigenvalue weighted by molar-refractivity contribution is 0.754. The summed E-state index contributed by atoms with van der Waals surface area (Å²) < 4.78 is 0. The Morgan fingerprint density at radius 3 is 2.60 bits per heavy atom. The van der Waals surface area contributed by atoms with Crippen LogP contribution in [0.5, 0.6) is 0 Å². The molecule has 80 valence electrons. The van der Waals surface area contributed by atoms with Gasteiger partial charge in [0, 0.05) is 18.9 Å². The van der Waals surface area contributed by atoms with Crippen molar-refractivity contribution in [2.45, 2.75) is 45.4 Å². The standard InChI is InChI=1S/C11H16N4/c1-3-4-9-6-13-11(15-9)5-10-7-12-8(2)14-10/h6-8,11H,3-5H2,1-2H3. The number of hydrogen-bond acceptors (Lipinski definition) is 4. The van der Waals surface area contributed by atoms with E-state index in [0.717, 1.165) is 30.7 Å². The van der Waals surface area contributed by atoms with E-state index < -0.39 is 0 Å². The lowest BCUT2D eigenvalue weighted by atomic mass is 10.2. The Morgan fingerprint density at radius 2 is 1.93 bits per heavy atom. The first-order valence-electron chi connectivity index (χ1n) is 5.47. The zero-order valence-electron chi connectivity index (χ0n) is 9.22. The van der Waals surface area contributed by atoms with Crippen molar-refractivity contribution in [3.8, 4) is 0 Å². The van der Waals surface area contributed by atoms with E-state index in [-0.39, 0.29) is 12.3 Å². The minimum absolute atomic E-state index is 0.0436. The van der Waals surface area contributed by atoms with Crippen LogP contribution in [0, 0.1) is 0 Å². The molecule has 0 aromatic rings. The van der Waals surface area contributed by atoms with Crippen molar-refractivity contribution in [1.29, 1.82) is 0 Å². The predicted octanol–water partition coefficient (Wildman–Crippen LogP) is 1.90. The summed E-state index contributed by atoms with van der Waals surface area (Å²) in [4.78, 5) is 17.4. The van der Waals surface area contributed by atoms with E-state index in [4.69, 9.17) is 0 Å². The number of nitrogens with zero attached hydrogens (tertiary/aromatic N) is 4. The minimum atomic E-state index is 0.0436. The lowest BCUT2D eigenvalue weighted by Crippen LogP contribution is -2.08. The van der Waals surface area contributed by atoms with Gasteiger partial charge < -0.3 is 0 Å². The highest BCUT2D eigenvalue weighted by atomic mass is 15.1. The van der Waals surface area contributed by atoms with E-state index in [1.165, 1.54) is 0 Å². The van der Waals surface area contributed by atoms with Crippen LogP contribution in [-0.2, 0) is 0 Å². The van der Waals surface area contributed by atoms with Crippen molar-refractivity contribution in [3.05, 3.63) is 0 Å². The summed E-state index contributed by atoms with van der Waals surface area (Å²) in [5, 5.41) is 0. The molecule has 0 fully saturated rings. The molecule has 2 rings (SSSR count). The summed E-state index contributed by atoms with van der Waals surface area (Å²) in [5.74, 6) is 0. The maximum absolute atomic E-state index is 4.52. The van der Waals surface area contributed by atoms with E-state index in [0.29, 0.717) is 0 Å². The molecule has 2 aliphatic rings. The Kier molecular flexibility index (Phi) is 3.04. The van der Waals surface area contributed by atoms with Crippen molar-refractivity contribution < 1.29 is 0 Å². The van der Waals surface area contributed by atoms with Crippen LogP contribution in [0.4, 0.5) is 0 Å². The summed E-state index contributed by atoms with van der Waals surface area (Å²) in [7, 11) is 0. The molecule has 0 amide bonds. The summed E-state index contributed by atoms with van der Waals surface area (Å²) in [6, 6.07) is 0. The average molecular weight is 204 g/mol. The van der Waals surface area contributed by atoms with Crippen molar-refractivity contribution in [3.63, 3.8) is 0 Å². The van der Waals surface area contributed by atoms with Crippen LogP contribution in [0.25, 0.3) is 0 Å². The predicted molar refractivity (Wildman–Crippen MR) is 64.6 cm³/mol. The van der Waals surface area contributed by atoms with Gasteiger partial charge in [-0.05, 0) is 13.3 Å². The van der Waals surface area contributed by atoms with Gasteiger partial charge in [0.05, 0.1) is 11.4 Å². The van der Waals surface area contributed by atoms with Crippen LogP contribution in [0.2, 0.25) is 0 Å². The Morgan fingerprint density at radius 1 is 1.13 bits per heavy atom. The Bertz CT molecular complexity index is 352. The number of hydrogen-bond donors (Lipinski definition) is 0. The van der Waals surface area contributed by atoms with Crippen LogP contribution in [-0.4, -0.2) is 36.2 Å². The van der Waals surface area contributed by atoms with E-state index >= 15 is 0 Å². The van der Waals surface area contributed by atoms with Crippen molar-refractivity contribution in [1.82, 2.24) is 0 Å². The van der Waals surface area contributed by atoms with Gasteiger partial charge in [-0.25, -0.2) is 0 Å². The van der Waals surface area contributed by atoms with Gasteiger partial charge in [-0.1, -0.05) is 13.3 Å². The van der Waals surface area contributed by atoms with E-state index in [1.54, 1.807) is 0 Å². The first-order chi connectivity index (χ1) is 7.28. The zero-order chi connectivity index (χ0) is 10.7. The monoisotopic (exact) mass is 204 g/mol. The molecule has 0 spiro atoms. The van der Waals surface area contributed by atoms with Gasteiger partial charge >= 0.3 is 0 Å². The van der Waals surface area contributed by atoms with Crippen molar-refractivity contribution >= 4 is 23.9 Å². The molecule has 2 atom stereocenters. The molecule has 0 saturated carbocycles. The molecule has 2 aliphatic heterocycles. The van der Waals surface area contributed by atoms with Gasteiger partial charge in [-0.3, -0.25) is 20.0 Å². The second-order valence-corrected chi connectivity index (χ2v) is 3.86. The normalized spacial score (nSPS) is 28.4. The first kappa shape index (κ1) is 10.2. The Labute approximate surface area is 90.0 Å². The smallest absolute Gasteiger partial charge is 0.145 e. The SMILES string of the molecule is CCCC1=NC(CC2=NC(C)N=C2)N=C1. The molecule has 0 bridgehead atoms. The topological polar surface area (TPSA) is 49.4 Å². The molecular formula is C11H16N4. The fourth-order valence-corrected chi connectivity index (χ4v) is 1.71. The van der Waals surface area contributed by atoms with Crippen LogP contribution in [0.1, 0.15) is 33.1 Å². The minimum Gasteiger partial charge on any atom is -0.265 e. The molecule has 0 aromatic carbocycles. The molecule has 0 aliphatic carbocycles. The van der Waals surface area contributed by atoms with Gasteiger partial charge in [0.1, 0.15) is 12.3 Å².